The Balaban J connectivity index is 2.08. The van der Waals surface area contributed by atoms with Crippen LogP contribution in [0.1, 0.15) is 49.9 Å². The van der Waals surface area contributed by atoms with Gasteiger partial charge in [0.2, 0.25) is 0 Å². The van der Waals surface area contributed by atoms with Crippen LogP contribution in [0, 0.1) is 12.7 Å². The Morgan fingerprint density at radius 2 is 2.05 bits per heavy atom. The van der Waals surface area contributed by atoms with E-state index in [1.807, 2.05) is 6.07 Å². The van der Waals surface area contributed by atoms with Gasteiger partial charge in [0, 0.05) is 18.0 Å². The van der Waals surface area contributed by atoms with Crippen LogP contribution in [0.4, 0.5) is 10.2 Å². The van der Waals surface area contributed by atoms with Crippen molar-refractivity contribution in [3.8, 4) is 11.3 Å². The van der Waals surface area contributed by atoms with E-state index >= 15 is 0 Å². The zero-order valence-corrected chi connectivity index (χ0v) is 12.7. The van der Waals surface area contributed by atoms with Crippen LogP contribution < -0.4 is 5.73 Å². The lowest BCUT2D eigenvalue weighted by molar-refractivity contribution is 0.604. The Bertz CT molecular complexity index is 654. The van der Waals surface area contributed by atoms with E-state index in [1.165, 1.54) is 31.7 Å². The first-order valence-corrected chi connectivity index (χ1v) is 7.74. The molecule has 1 heterocycles. The number of imidazole rings is 1. The van der Waals surface area contributed by atoms with Gasteiger partial charge in [-0.3, -0.25) is 0 Å². The smallest absolute Gasteiger partial charge is 0.131 e. The Labute approximate surface area is 125 Å². The Morgan fingerprint density at radius 1 is 1.33 bits per heavy atom. The van der Waals surface area contributed by atoms with Crippen LogP contribution in [0.15, 0.2) is 18.2 Å². The van der Waals surface area contributed by atoms with E-state index in [2.05, 4.69) is 11.5 Å². The van der Waals surface area contributed by atoms with Gasteiger partial charge < -0.3 is 10.3 Å². The minimum atomic E-state index is -0.191. The largest absolute Gasteiger partial charge is 0.383 e. The fraction of sp³-hybridized carbons (Fsp3) is 0.471. The van der Waals surface area contributed by atoms with Gasteiger partial charge in [-0.05, 0) is 50.5 Å². The zero-order chi connectivity index (χ0) is 15.0. The standard InChI is InChI=1S/C17H22FN3/c1-3-21-16(19)15(13-8-9-14(18)11(2)10-13)20-17(21)12-6-4-5-7-12/h8-10,12H,3-7,19H2,1-2H3. The number of aromatic nitrogens is 2. The first-order chi connectivity index (χ1) is 10.1. The monoisotopic (exact) mass is 287 g/mol. The Kier molecular flexibility index (Phi) is 3.70. The van der Waals surface area contributed by atoms with Crippen LogP contribution in [0.2, 0.25) is 0 Å². The normalized spacial score (nSPS) is 15.8. The molecular weight excluding hydrogens is 265 g/mol. The molecule has 0 amide bonds. The molecule has 0 radical (unpaired) electrons. The minimum absolute atomic E-state index is 0.191. The van der Waals surface area contributed by atoms with Crippen LogP contribution in [0.5, 0.6) is 0 Å². The molecule has 0 atom stereocenters. The number of anilines is 1. The molecule has 2 N–H and O–H groups in total. The summed E-state index contributed by atoms with van der Waals surface area (Å²) in [6.45, 7) is 4.69. The van der Waals surface area contributed by atoms with Gasteiger partial charge in [0.15, 0.2) is 0 Å². The van der Waals surface area contributed by atoms with Crippen molar-refractivity contribution in [3.05, 3.63) is 35.4 Å². The molecule has 0 unspecified atom stereocenters. The fourth-order valence-electron chi connectivity index (χ4n) is 3.32. The van der Waals surface area contributed by atoms with E-state index in [9.17, 15) is 4.39 Å². The molecule has 112 valence electrons. The summed E-state index contributed by atoms with van der Waals surface area (Å²) in [7, 11) is 0. The third-order valence-electron chi connectivity index (χ3n) is 4.50. The summed E-state index contributed by atoms with van der Waals surface area (Å²) in [6, 6.07) is 5.08. The summed E-state index contributed by atoms with van der Waals surface area (Å²) in [5.41, 5.74) is 8.63. The van der Waals surface area contributed by atoms with Crippen molar-refractivity contribution in [3.63, 3.8) is 0 Å². The van der Waals surface area contributed by atoms with E-state index in [0.717, 1.165) is 23.6 Å². The SMILES string of the molecule is CCn1c(C2CCCC2)nc(-c2ccc(F)c(C)c2)c1N. The number of hydrogen-bond donors (Lipinski definition) is 1. The molecule has 3 nitrogen and oxygen atoms in total. The summed E-state index contributed by atoms with van der Waals surface area (Å²) in [5.74, 6) is 2.13. The number of nitrogens with zero attached hydrogens (tertiary/aromatic N) is 2. The Hall–Kier alpha value is -1.84. The van der Waals surface area contributed by atoms with E-state index < -0.39 is 0 Å². The maximum atomic E-state index is 13.5. The maximum absolute atomic E-state index is 13.5. The van der Waals surface area contributed by atoms with Crippen molar-refractivity contribution >= 4 is 5.82 Å². The molecular formula is C17H22FN3. The molecule has 0 saturated heterocycles. The highest BCUT2D eigenvalue weighted by molar-refractivity contribution is 5.71. The summed E-state index contributed by atoms with van der Waals surface area (Å²) >= 11 is 0. The highest BCUT2D eigenvalue weighted by Crippen LogP contribution is 2.37. The topological polar surface area (TPSA) is 43.8 Å². The minimum Gasteiger partial charge on any atom is -0.383 e. The van der Waals surface area contributed by atoms with Gasteiger partial charge in [0.25, 0.3) is 0 Å². The second-order valence-electron chi connectivity index (χ2n) is 5.89. The first-order valence-electron chi connectivity index (χ1n) is 7.74. The van der Waals surface area contributed by atoms with Crippen molar-refractivity contribution in [1.29, 1.82) is 0 Å². The van der Waals surface area contributed by atoms with E-state index in [0.29, 0.717) is 17.3 Å². The highest BCUT2D eigenvalue weighted by atomic mass is 19.1. The third kappa shape index (κ3) is 2.43. The van der Waals surface area contributed by atoms with Crippen LogP contribution in [-0.2, 0) is 6.54 Å². The summed E-state index contributed by atoms with van der Waals surface area (Å²) in [6.07, 6.45) is 4.93. The van der Waals surface area contributed by atoms with Crippen LogP contribution in [-0.4, -0.2) is 9.55 Å². The van der Waals surface area contributed by atoms with Gasteiger partial charge in [-0.1, -0.05) is 12.8 Å². The molecule has 1 aliphatic rings. The lowest BCUT2D eigenvalue weighted by Gasteiger charge is -2.11. The molecule has 3 rings (SSSR count). The van der Waals surface area contributed by atoms with Gasteiger partial charge in [-0.15, -0.1) is 0 Å². The number of halogens is 1. The molecule has 1 saturated carbocycles. The number of benzene rings is 1. The lowest BCUT2D eigenvalue weighted by Crippen LogP contribution is -2.08. The molecule has 1 fully saturated rings. The van der Waals surface area contributed by atoms with Crippen LogP contribution in [0.3, 0.4) is 0 Å². The van der Waals surface area contributed by atoms with Gasteiger partial charge in [-0.25, -0.2) is 9.37 Å². The molecule has 0 aliphatic heterocycles. The number of aryl methyl sites for hydroxylation is 1. The maximum Gasteiger partial charge on any atom is 0.131 e. The van der Waals surface area contributed by atoms with Gasteiger partial charge in [0.05, 0.1) is 0 Å². The zero-order valence-electron chi connectivity index (χ0n) is 12.7. The molecule has 0 bridgehead atoms. The number of nitrogens with two attached hydrogens (primary N) is 1. The predicted octanol–water partition coefficient (Wildman–Crippen LogP) is 4.26. The second-order valence-corrected chi connectivity index (χ2v) is 5.89. The number of nitrogen functional groups attached to an aromatic ring is 1. The molecule has 1 aliphatic carbocycles. The molecule has 0 spiro atoms. The lowest BCUT2D eigenvalue weighted by atomic mass is 10.1. The average molecular weight is 287 g/mol. The Morgan fingerprint density at radius 3 is 2.67 bits per heavy atom. The third-order valence-corrected chi connectivity index (χ3v) is 4.50. The highest BCUT2D eigenvalue weighted by Gasteiger charge is 2.25. The average Bonchev–Trinajstić information content (AvgIpc) is 3.09. The van der Waals surface area contributed by atoms with E-state index in [4.69, 9.17) is 10.7 Å². The summed E-state index contributed by atoms with van der Waals surface area (Å²) in [5, 5.41) is 0. The van der Waals surface area contributed by atoms with Gasteiger partial charge in [-0.2, -0.15) is 0 Å². The van der Waals surface area contributed by atoms with Crippen molar-refractivity contribution in [2.45, 2.75) is 52.0 Å². The van der Waals surface area contributed by atoms with Gasteiger partial charge >= 0.3 is 0 Å². The number of rotatable bonds is 3. The molecule has 1 aromatic heterocycles. The fourth-order valence-corrected chi connectivity index (χ4v) is 3.32. The quantitative estimate of drug-likeness (QED) is 0.916. The van der Waals surface area contributed by atoms with Gasteiger partial charge in [0.1, 0.15) is 23.2 Å². The van der Waals surface area contributed by atoms with Crippen molar-refractivity contribution in [2.75, 3.05) is 5.73 Å². The molecule has 1 aromatic carbocycles. The molecule has 4 heteroatoms. The van der Waals surface area contributed by atoms with Crippen LogP contribution in [0.25, 0.3) is 11.3 Å². The van der Waals surface area contributed by atoms with Crippen molar-refractivity contribution in [1.82, 2.24) is 9.55 Å². The second kappa shape index (κ2) is 5.51. The van der Waals surface area contributed by atoms with Crippen molar-refractivity contribution < 1.29 is 4.39 Å². The summed E-state index contributed by atoms with van der Waals surface area (Å²) in [4.78, 5) is 4.82. The predicted molar refractivity (Wildman–Crippen MR) is 83.7 cm³/mol. The van der Waals surface area contributed by atoms with Crippen molar-refractivity contribution in [2.24, 2.45) is 0 Å². The van der Waals surface area contributed by atoms with Crippen LogP contribution >= 0.6 is 0 Å². The molecule has 2 aromatic rings. The number of hydrogen-bond acceptors (Lipinski definition) is 2. The first kappa shape index (κ1) is 14.1. The molecule has 21 heavy (non-hydrogen) atoms. The summed E-state index contributed by atoms with van der Waals surface area (Å²) < 4.78 is 15.6. The van der Waals surface area contributed by atoms with E-state index in [1.54, 1.807) is 13.0 Å². The van der Waals surface area contributed by atoms with E-state index in [-0.39, 0.29) is 5.82 Å².